The first kappa shape index (κ1) is 24.3. The number of aliphatic hydroxyl groups excluding tert-OH is 1. The summed E-state index contributed by atoms with van der Waals surface area (Å²) in [7, 11) is 0. The first-order chi connectivity index (χ1) is 15.1. The first-order valence-corrected chi connectivity index (χ1v) is 13.6. The lowest BCUT2D eigenvalue weighted by Crippen LogP contribution is -2.55. The largest absolute Gasteiger partial charge is 0.462 e. The molecule has 4 aliphatic rings. The summed E-state index contributed by atoms with van der Waals surface area (Å²) in [6.45, 7) is 13.7. The van der Waals surface area contributed by atoms with Gasteiger partial charge in [-0.3, -0.25) is 4.79 Å². The van der Waals surface area contributed by atoms with Crippen LogP contribution in [0, 0.1) is 46.3 Å². The van der Waals surface area contributed by atoms with Crippen LogP contribution >= 0.6 is 0 Å². The normalized spacial score (nSPS) is 44.3. The molecule has 0 saturated heterocycles. The predicted octanol–water partition coefficient (Wildman–Crippen LogP) is 6.93. The highest BCUT2D eigenvalue weighted by atomic mass is 16.5. The molecule has 4 rings (SSSR count). The van der Waals surface area contributed by atoms with E-state index >= 15 is 0 Å². The van der Waals surface area contributed by atoms with Crippen LogP contribution in [0.5, 0.6) is 0 Å². The van der Waals surface area contributed by atoms with E-state index in [1.807, 2.05) is 0 Å². The van der Waals surface area contributed by atoms with Gasteiger partial charge in [0, 0.05) is 13.3 Å². The van der Waals surface area contributed by atoms with Gasteiger partial charge in [-0.15, -0.1) is 0 Å². The lowest BCUT2D eigenvalue weighted by Gasteiger charge is -2.59. The molecule has 0 bridgehead atoms. The molecule has 3 saturated carbocycles. The Balaban J connectivity index is 1.51. The molecule has 0 aromatic heterocycles. The average Bonchev–Trinajstić information content (AvgIpc) is 3.05. The van der Waals surface area contributed by atoms with Crippen LogP contribution in [-0.2, 0) is 9.53 Å². The van der Waals surface area contributed by atoms with Crippen molar-refractivity contribution in [3.8, 4) is 0 Å². The maximum Gasteiger partial charge on any atom is 0.302 e. The highest BCUT2D eigenvalue weighted by Gasteiger charge is 2.61. The third-order valence-electron chi connectivity index (χ3n) is 10.6. The van der Waals surface area contributed by atoms with Gasteiger partial charge in [0.05, 0.1) is 6.10 Å². The second-order valence-corrected chi connectivity index (χ2v) is 12.9. The minimum Gasteiger partial charge on any atom is -0.462 e. The van der Waals surface area contributed by atoms with E-state index in [4.69, 9.17) is 4.74 Å². The lowest BCUT2D eigenvalue weighted by molar-refractivity contribution is -0.149. The quantitative estimate of drug-likeness (QED) is 0.357. The van der Waals surface area contributed by atoms with Gasteiger partial charge in [-0.2, -0.15) is 0 Å². The van der Waals surface area contributed by atoms with E-state index in [0.29, 0.717) is 23.2 Å². The monoisotopic (exact) mass is 444 g/mol. The molecule has 0 aromatic carbocycles. The third kappa shape index (κ3) is 4.21. The van der Waals surface area contributed by atoms with Gasteiger partial charge in [0.1, 0.15) is 6.10 Å². The Labute approximate surface area is 196 Å². The van der Waals surface area contributed by atoms with Gasteiger partial charge in [-0.25, -0.2) is 0 Å². The number of carbonyl (C=O) groups is 1. The number of aliphatic hydroxyl groups is 1. The minimum atomic E-state index is -0.334. The molecule has 0 aromatic rings. The second-order valence-electron chi connectivity index (χ2n) is 12.9. The molecule has 3 heteroatoms. The molecule has 3 nitrogen and oxygen atoms in total. The van der Waals surface area contributed by atoms with Crippen LogP contribution in [-0.4, -0.2) is 23.3 Å². The molecular weight excluding hydrogens is 396 g/mol. The maximum absolute atomic E-state index is 11.5. The Morgan fingerprint density at radius 2 is 1.84 bits per heavy atom. The second kappa shape index (κ2) is 9.08. The van der Waals surface area contributed by atoms with Gasteiger partial charge >= 0.3 is 5.97 Å². The Morgan fingerprint density at radius 1 is 1.09 bits per heavy atom. The predicted molar refractivity (Wildman–Crippen MR) is 130 cm³/mol. The summed E-state index contributed by atoms with van der Waals surface area (Å²) >= 11 is 0. The Kier molecular flexibility index (Phi) is 6.90. The Morgan fingerprint density at radius 3 is 2.53 bits per heavy atom. The van der Waals surface area contributed by atoms with Crippen molar-refractivity contribution in [2.24, 2.45) is 46.3 Å². The van der Waals surface area contributed by atoms with Crippen molar-refractivity contribution in [1.82, 2.24) is 0 Å². The van der Waals surface area contributed by atoms with Crippen molar-refractivity contribution in [3.05, 3.63) is 11.6 Å². The highest BCUT2D eigenvalue weighted by Crippen LogP contribution is 2.67. The number of hydrogen-bond donors (Lipinski definition) is 1. The molecule has 0 unspecified atom stereocenters. The Bertz CT molecular complexity index is 726. The van der Waals surface area contributed by atoms with Crippen molar-refractivity contribution in [1.29, 1.82) is 0 Å². The number of ether oxygens (including phenoxy) is 1. The standard InChI is InChI=1S/C29H48O3/c1-18(2)8-7-9-19(3)23-10-11-24-27-25(13-15-29(23,24)6)28(5)14-12-22(32-20(4)30)16-21(28)17-26(27)31/h17-19,22-27,31H,7-16H2,1-6H3/t19-,22+,23+,24-,25-,26-,27-,28+,29+/m1/s1. The summed E-state index contributed by atoms with van der Waals surface area (Å²) in [4.78, 5) is 11.5. The molecular formula is C29H48O3. The topological polar surface area (TPSA) is 46.5 Å². The molecule has 1 N–H and O–H groups in total. The molecule has 0 spiro atoms. The van der Waals surface area contributed by atoms with Crippen LogP contribution < -0.4 is 0 Å². The van der Waals surface area contributed by atoms with Gasteiger partial charge in [0.15, 0.2) is 0 Å². The van der Waals surface area contributed by atoms with E-state index in [1.165, 1.54) is 57.4 Å². The van der Waals surface area contributed by atoms with Crippen LogP contribution in [0.25, 0.3) is 0 Å². The smallest absolute Gasteiger partial charge is 0.302 e. The van der Waals surface area contributed by atoms with Crippen molar-refractivity contribution in [3.63, 3.8) is 0 Å². The SMILES string of the molecule is CC(=O)O[C@H]1CC[C@@]2(C)C(=C[C@@H](O)[C@@H]3[C@H]4CC[C@@H]([C@H](C)CCCC(C)C)[C@]4(C)CC[C@H]32)C1. The van der Waals surface area contributed by atoms with Crippen LogP contribution in [0.3, 0.4) is 0 Å². The Hall–Kier alpha value is -0.830. The number of carbonyl (C=O) groups excluding carboxylic acids is 1. The summed E-state index contributed by atoms with van der Waals surface area (Å²) < 4.78 is 5.57. The fraction of sp³-hybridized carbons (Fsp3) is 0.897. The van der Waals surface area contributed by atoms with Gasteiger partial charge < -0.3 is 9.84 Å². The van der Waals surface area contributed by atoms with E-state index in [9.17, 15) is 9.90 Å². The summed E-state index contributed by atoms with van der Waals surface area (Å²) in [6.07, 6.45) is 14.0. The molecule has 0 radical (unpaired) electrons. The molecule has 4 aliphatic carbocycles. The van der Waals surface area contributed by atoms with Crippen LogP contribution in [0.1, 0.15) is 106 Å². The third-order valence-corrected chi connectivity index (χ3v) is 10.6. The van der Waals surface area contributed by atoms with Crippen molar-refractivity contribution in [2.45, 2.75) is 118 Å². The summed E-state index contributed by atoms with van der Waals surface area (Å²) in [5.41, 5.74) is 1.92. The molecule has 0 aliphatic heterocycles. The average molecular weight is 445 g/mol. The number of hydrogen-bond acceptors (Lipinski definition) is 3. The van der Waals surface area contributed by atoms with Crippen LogP contribution in [0.4, 0.5) is 0 Å². The van der Waals surface area contributed by atoms with Crippen molar-refractivity contribution < 1.29 is 14.6 Å². The minimum absolute atomic E-state index is 0.00742. The van der Waals surface area contributed by atoms with Gasteiger partial charge in [-0.05, 0) is 84.9 Å². The molecule has 182 valence electrons. The van der Waals surface area contributed by atoms with E-state index in [0.717, 1.165) is 37.0 Å². The zero-order valence-electron chi connectivity index (χ0n) is 21.5. The maximum atomic E-state index is 11.5. The van der Waals surface area contributed by atoms with Crippen LogP contribution in [0.15, 0.2) is 11.6 Å². The van der Waals surface area contributed by atoms with E-state index in [-0.39, 0.29) is 23.6 Å². The molecule has 32 heavy (non-hydrogen) atoms. The zero-order valence-corrected chi connectivity index (χ0v) is 21.5. The zero-order chi connectivity index (χ0) is 23.3. The number of fused-ring (bicyclic) bond motifs is 5. The van der Waals surface area contributed by atoms with Crippen molar-refractivity contribution >= 4 is 5.97 Å². The lowest BCUT2D eigenvalue weighted by atomic mass is 9.46. The fourth-order valence-electron chi connectivity index (χ4n) is 8.98. The first-order valence-electron chi connectivity index (χ1n) is 13.6. The van der Waals surface area contributed by atoms with E-state index in [1.54, 1.807) is 0 Å². The van der Waals surface area contributed by atoms with Crippen LogP contribution in [0.2, 0.25) is 0 Å². The van der Waals surface area contributed by atoms with Gasteiger partial charge in [0.25, 0.3) is 0 Å². The summed E-state index contributed by atoms with van der Waals surface area (Å²) in [5.74, 6) is 3.85. The molecule has 0 amide bonds. The number of rotatable bonds is 6. The van der Waals surface area contributed by atoms with Gasteiger partial charge in [-0.1, -0.05) is 65.5 Å². The fourth-order valence-corrected chi connectivity index (χ4v) is 8.98. The summed E-state index contributed by atoms with van der Waals surface area (Å²) in [5, 5.41) is 11.4. The van der Waals surface area contributed by atoms with Crippen molar-refractivity contribution in [2.75, 3.05) is 0 Å². The molecule has 3 fully saturated rings. The van der Waals surface area contributed by atoms with E-state index < -0.39 is 0 Å². The summed E-state index contributed by atoms with van der Waals surface area (Å²) in [6, 6.07) is 0. The van der Waals surface area contributed by atoms with Gasteiger partial charge in [0.2, 0.25) is 0 Å². The van der Waals surface area contributed by atoms with E-state index in [2.05, 4.69) is 40.7 Å². The molecule has 9 atom stereocenters. The molecule has 0 heterocycles. The number of esters is 1. The highest BCUT2D eigenvalue weighted by molar-refractivity contribution is 5.66.